The molecule has 0 unspecified atom stereocenters. The minimum atomic E-state index is -0.123. The van der Waals surface area contributed by atoms with Gasteiger partial charge >= 0.3 is 5.69 Å². The lowest BCUT2D eigenvalue weighted by Gasteiger charge is -2.32. The van der Waals surface area contributed by atoms with Gasteiger partial charge in [-0.25, -0.2) is 9.78 Å². The summed E-state index contributed by atoms with van der Waals surface area (Å²) >= 11 is 1.55. The highest BCUT2D eigenvalue weighted by atomic mass is 32.1. The number of aromatic amines is 1. The molecule has 1 amide bonds. The number of para-hydroxylation sites is 3. The van der Waals surface area contributed by atoms with Crippen LogP contribution in [0.3, 0.4) is 0 Å². The maximum atomic E-state index is 13.0. The van der Waals surface area contributed by atoms with Crippen molar-refractivity contribution in [3.05, 3.63) is 76.9 Å². The van der Waals surface area contributed by atoms with Crippen molar-refractivity contribution in [2.75, 3.05) is 13.1 Å². The van der Waals surface area contributed by atoms with Crippen LogP contribution in [0.15, 0.2) is 69.9 Å². The van der Waals surface area contributed by atoms with Crippen LogP contribution < -0.4 is 5.69 Å². The second-order valence-electron chi connectivity index (χ2n) is 7.99. The molecule has 1 N–H and O–H groups in total. The van der Waals surface area contributed by atoms with Gasteiger partial charge in [-0.15, -0.1) is 11.3 Å². The van der Waals surface area contributed by atoms with Crippen LogP contribution in [0.4, 0.5) is 0 Å². The van der Waals surface area contributed by atoms with Crippen molar-refractivity contribution in [1.29, 1.82) is 0 Å². The maximum Gasteiger partial charge on any atom is 0.326 e. The number of aromatic nitrogens is 3. The first kappa shape index (κ1) is 19.1. The van der Waals surface area contributed by atoms with E-state index in [1.54, 1.807) is 22.3 Å². The van der Waals surface area contributed by atoms with Crippen molar-refractivity contribution in [3.63, 3.8) is 0 Å². The van der Waals surface area contributed by atoms with E-state index in [0.29, 0.717) is 24.6 Å². The molecular weight excluding hydrogens is 424 g/mol. The lowest BCUT2D eigenvalue weighted by Crippen LogP contribution is -2.40. The zero-order chi connectivity index (χ0) is 21.7. The number of nitrogens with one attached hydrogen (secondary N) is 1. The van der Waals surface area contributed by atoms with Gasteiger partial charge in [0.2, 0.25) is 0 Å². The Morgan fingerprint density at radius 1 is 1.03 bits per heavy atom. The SMILES string of the molecule is O=C(c1ccc(-c2nc3ccccc3s2)o1)N1CCC(n2c(=O)[nH]c3ccccc32)CC1. The van der Waals surface area contributed by atoms with Gasteiger partial charge in [0.25, 0.3) is 5.91 Å². The number of hydrogen-bond donors (Lipinski definition) is 1. The van der Waals surface area contributed by atoms with E-state index in [1.807, 2.05) is 59.2 Å². The number of carbonyl (C=O) groups excluding carboxylic acids is 1. The molecule has 0 radical (unpaired) electrons. The van der Waals surface area contributed by atoms with E-state index < -0.39 is 0 Å². The van der Waals surface area contributed by atoms with E-state index in [0.717, 1.165) is 39.1 Å². The monoisotopic (exact) mass is 444 g/mol. The predicted octanol–water partition coefficient (Wildman–Crippen LogP) is 4.68. The Balaban J connectivity index is 1.18. The molecule has 0 saturated carbocycles. The fourth-order valence-electron chi connectivity index (χ4n) is 4.47. The number of H-pyrrole nitrogens is 1. The number of thiazole rings is 1. The van der Waals surface area contributed by atoms with Crippen molar-refractivity contribution >= 4 is 38.5 Å². The standard InChI is InChI=1S/C24H20N4O3S/c29-23(20-10-9-19(31-20)22-25-17-6-2-4-8-21(17)32-22)27-13-11-15(12-14-27)28-18-7-3-1-5-16(18)26-24(28)30/h1-10,15H,11-14H2,(H,26,30). The zero-order valence-corrected chi connectivity index (χ0v) is 18.0. The molecule has 7 nitrogen and oxygen atoms in total. The molecule has 0 spiro atoms. The number of fused-ring (bicyclic) bond motifs is 2. The molecule has 2 aromatic carbocycles. The van der Waals surface area contributed by atoms with Crippen molar-refractivity contribution in [3.8, 4) is 10.8 Å². The molecule has 1 aliphatic rings. The fourth-order valence-corrected chi connectivity index (χ4v) is 5.39. The predicted molar refractivity (Wildman–Crippen MR) is 124 cm³/mol. The number of rotatable bonds is 3. The molecule has 0 aliphatic carbocycles. The van der Waals surface area contributed by atoms with Gasteiger partial charge in [-0.1, -0.05) is 24.3 Å². The molecule has 3 aromatic heterocycles. The molecule has 5 aromatic rings. The summed E-state index contributed by atoms with van der Waals surface area (Å²) in [6, 6.07) is 19.2. The number of amides is 1. The molecule has 4 heterocycles. The minimum Gasteiger partial charge on any atom is -0.448 e. The van der Waals surface area contributed by atoms with Gasteiger partial charge in [0.1, 0.15) is 0 Å². The third kappa shape index (κ3) is 3.15. The summed E-state index contributed by atoms with van der Waals surface area (Å²) in [5, 5.41) is 0.766. The van der Waals surface area contributed by atoms with Gasteiger partial charge in [-0.2, -0.15) is 0 Å². The van der Waals surface area contributed by atoms with Gasteiger partial charge in [0.05, 0.1) is 21.3 Å². The van der Waals surface area contributed by atoms with Crippen LogP contribution in [-0.2, 0) is 0 Å². The number of piperidine rings is 1. The smallest absolute Gasteiger partial charge is 0.326 e. The number of benzene rings is 2. The Bertz CT molecular complexity index is 1470. The molecule has 1 aliphatic heterocycles. The summed E-state index contributed by atoms with van der Waals surface area (Å²) in [6.45, 7) is 1.15. The van der Waals surface area contributed by atoms with E-state index >= 15 is 0 Å². The van der Waals surface area contributed by atoms with Gasteiger partial charge in [0.15, 0.2) is 16.5 Å². The highest BCUT2D eigenvalue weighted by Gasteiger charge is 2.28. The molecule has 1 saturated heterocycles. The summed E-state index contributed by atoms with van der Waals surface area (Å²) in [5.41, 5.74) is 2.58. The van der Waals surface area contributed by atoms with Crippen LogP contribution in [0.25, 0.3) is 32.0 Å². The molecule has 160 valence electrons. The van der Waals surface area contributed by atoms with Crippen molar-refractivity contribution in [2.24, 2.45) is 0 Å². The van der Waals surface area contributed by atoms with Crippen molar-refractivity contribution in [1.82, 2.24) is 19.4 Å². The summed E-state index contributed by atoms with van der Waals surface area (Å²) in [7, 11) is 0. The molecule has 0 bridgehead atoms. The van der Waals surface area contributed by atoms with Crippen LogP contribution in [0, 0.1) is 0 Å². The second kappa shape index (κ2) is 7.49. The first-order valence-electron chi connectivity index (χ1n) is 10.6. The van der Waals surface area contributed by atoms with Crippen LogP contribution in [0.1, 0.15) is 29.4 Å². The van der Waals surface area contributed by atoms with Gasteiger partial charge in [-0.3, -0.25) is 9.36 Å². The largest absolute Gasteiger partial charge is 0.448 e. The lowest BCUT2D eigenvalue weighted by molar-refractivity contribution is 0.0664. The molecule has 1 fully saturated rings. The summed E-state index contributed by atoms with van der Waals surface area (Å²) in [4.78, 5) is 34.8. The van der Waals surface area contributed by atoms with Gasteiger partial charge in [-0.05, 0) is 49.2 Å². The third-order valence-corrected chi connectivity index (χ3v) is 7.11. The molecule has 32 heavy (non-hydrogen) atoms. The van der Waals surface area contributed by atoms with Crippen LogP contribution in [-0.4, -0.2) is 38.4 Å². The van der Waals surface area contributed by atoms with E-state index in [4.69, 9.17) is 4.42 Å². The molecule has 0 atom stereocenters. The Morgan fingerprint density at radius 3 is 2.66 bits per heavy atom. The van der Waals surface area contributed by atoms with Gasteiger partial charge < -0.3 is 14.3 Å². The highest BCUT2D eigenvalue weighted by Crippen LogP contribution is 2.32. The topological polar surface area (TPSA) is 84.1 Å². The number of carbonyl (C=O) groups is 1. The summed E-state index contributed by atoms with van der Waals surface area (Å²) in [5.74, 6) is 0.804. The number of nitrogens with zero attached hydrogens (tertiary/aromatic N) is 3. The molecular formula is C24H20N4O3S. The van der Waals surface area contributed by atoms with Gasteiger partial charge in [0, 0.05) is 19.1 Å². The average molecular weight is 445 g/mol. The Labute approximate surface area is 186 Å². The van der Waals surface area contributed by atoms with Crippen molar-refractivity contribution in [2.45, 2.75) is 18.9 Å². The first-order valence-corrected chi connectivity index (χ1v) is 11.4. The number of hydrogen-bond acceptors (Lipinski definition) is 5. The molecule has 8 heteroatoms. The van der Waals surface area contributed by atoms with Crippen LogP contribution >= 0.6 is 11.3 Å². The summed E-state index contributed by atoms with van der Waals surface area (Å²) in [6.07, 6.45) is 1.44. The number of imidazole rings is 1. The first-order chi connectivity index (χ1) is 15.7. The van der Waals surface area contributed by atoms with Crippen LogP contribution in [0.5, 0.6) is 0 Å². The second-order valence-corrected chi connectivity index (χ2v) is 9.02. The number of likely N-dealkylation sites (tertiary alicyclic amines) is 1. The van der Waals surface area contributed by atoms with E-state index in [9.17, 15) is 9.59 Å². The number of furan rings is 1. The Kier molecular flexibility index (Phi) is 4.46. The third-order valence-electron chi connectivity index (χ3n) is 6.06. The average Bonchev–Trinajstić information content (AvgIpc) is 3.54. The van der Waals surface area contributed by atoms with Crippen molar-refractivity contribution < 1.29 is 9.21 Å². The zero-order valence-electron chi connectivity index (χ0n) is 17.2. The lowest BCUT2D eigenvalue weighted by atomic mass is 10.0. The summed E-state index contributed by atoms with van der Waals surface area (Å²) < 4.78 is 8.80. The highest BCUT2D eigenvalue weighted by molar-refractivity contribution is 7.21. The Hall–Kier alpha value is -3.65. The van der Waals surface area contributed by atoms with Crippen LogP contribution in [0.2, 0.25) is 0 Å². The normalized spacial score (nSPS) is 15.1. The fraction of sp³-hybridized carbons (Fsp3) is 0.208. The van der Waals surface area contributed by atoms with E-state index in [2.05, 4.69) is 9.97 Å². The van der Waals surface area contributed by atoms with E-state index in [-0.39, 0.29) is 17.6 Å². The minimum absolute atomic E-state index is 0.0672. The Morgan fingerprint density at radius 2 is 1.81 bits per heavy atom. The molecule has 6 rings (SSSR count). The quantitative estimate of drug-likeness (QED) is 0.438. The maximum absolute atomic E-state index is 13.0. The van der Waals surface area contributed by atoms with E-state index in [1.165, 1.54) is 0 Å².